The van der Waals surface area contributed by atoms with Crippen molar-refractivity contribution >= 4 is 35.1 Å². The molecule has 2 atom stereocenters. The van der Waals surface area contributed by atoms with E-state index in [1.807, 2.05) is 0 Å². The lowest BCUT2D eigenvalue weighted by Gasteiger charge is -2.28. The minimum atomic E-state index is -4.60. The molecule has 40 heavy (non-hydrogen) atoms. The third kappa shape index (κ3) is 5.74. The number of hydrogen-bond acceptors (Lipinski definition) is 6. The highest BCUT2D eigenvalue weighted by atomic mass is 35.5. The molecule has 3 N–H and O–H groups in total. The van der Waals surface area contributed by atoms with Gasteiger partial charge >= 0.3 is 12.8 Å². The van der Waals surface area contributed by atoms with Gasteiger partial charge in [-0.2, -0.15) is 22.0 Å². The first-order valence-corrected chi connectivity index (χ1v) is 13.1. The van der Waals surface area contributed by atoms with Crippen molar-refractivity contribution in [2.75, 3.05) is 18.9 Å². The second-order valence-corrected chi connectivity index (χ2v) is 10.8. The molecular formula is C26H27ClF5N5O3. The van der Waals surface area contributed by atoms with E-state index >= 15 is 0 Å². The molecule has 0 bridgehead atoms. The number of alkyl halides is 5. The van der Waals surface area contributed by atoms with Crippen molar-refractivity contribution in [3.8, 4) is 0 Å². The Labute approximate surface area is 231 Å². The summed E-state index contributed by atoms with van der Waals surface area (Å²) in [5.41, 5.74) is -1.48. The number of carbonyl (C=O) groups is 2. The number of carbonyl (C=O) groups excluding carboxylic acids is 2. The van der Waals surface area contributed by atoms with Crippen LogP contribution in [0.5, 0.6) is 0 Å². The summed E-state index contributed by atoms with van der Waals surface area (Å²) in [6.45, 7) is -2.82. The summed E-state index contributed by atoms with van der Waals surface area (Å²) < 4.78 is 70.6. The Balaban J connectivity index is 1.29. The summed E-state index contributed by atoms with van der Waals surface area (Å²) in [4.78, 5) is 31.2. The molecule has 216 valence electrons. The van der Waals surface area contributed by atoms with Gasteiger partial charge in [-0.3, -0.25) is 9.59 Å². The minimum Gasteiger partial charge on any atom is -0.434 e. The number of aliphatic imine (C=N–C) groups is 1. The number of nitrogens with zero attached hydrogens (tertiary/aromatic N) is 2. The first-order chi connectivity index (χ1) is 18.9. The lowest BCUT2D eigenvalue weighted by Crippen LogP contribution is -2.41. The number of hydrogen-bond donors (Lipinski definition) is 3. The Morgan fingerprint density at radius 1 is 1.20 bits per heavy atom. The highest BCUT2D eigenvalue weighted by molar-refractivity contribution is 6.33. The number of benzene rings is 1. The summed E-state index contributed by atoms with van der Waals surface area (Å²) in [6, 6.07) is 3.56. The number of fused-ring (bicyclic) bond motifs is 1. The van der Waals surface area contributed by atoms with Gasteiger partial charge in [0, 0.05) is 20.1 Å². The number of anilines is 1. The number of guanidine groups is 1. The van der Waals surface area contributed by atoms with E-state index in [2.05, 4.69) is 25.7 Å². The topological polar surface area (TPSA) is 95.1 Å². The largest absolute Gasteiger partial charge is 0.434 e. The van der Waals surface area contributed by atoms with Gasteiger partial charge in [0.25, 0.3) is 5.91 Å². The number of rotatable bonds is 9. The fourth-order valence-corrected chi connectivity index (χ4v) is 4.86. The third-order valence-corrected chi connectivity index (χ3v) is 7.82. The molecule has 14 heteroatoms. The molecular weight excluding hydrogens is 561 g/mol. The van der Waals surface area contributed by atoms with Gasteiger partial charge in [0.15, 0.2) is 5.96 Å². The Kier molecular flexibility index (Phi) is 7.45. The number of halogens is 6. The predicted octanol–water partition coefficient (Wildman–Crippen LogP) is 4.34. The van der Waals surface area contributed by atoms with E-state index < -0.39 is 42.1 Å². The quantitative estimate of drug-likeness (QED) is 0.374. The molecule has 0 spiro atoms. The van der Waals surface area contributed by atoms with Gasteiger partial charge in [0.05, 0.1) is 28.4 Å². The van der Waals surface area contributed by atoms with Crippen molar-refractivity contribution in [3.63, 3.8) is 0 Å². The van der Waals surface area contributed by atoms with Crippen molar-refractivity contribution in [2.24, 2.45) is 16.3 Å². The normalized spacial score (nSPS) is 23.1. The molecule has 2 amide bonds. The standard InChI is InChI=1S/C26H27ClF5N5O3/c1-37-19-10-20(40-23(28)29)15(21(38)33-11-13-2-3-13)9-18(19)36-24(37)35-17-8-14(4-5-16(17)27)12-34-22(39)25(6-7-25)26(30,31)32/h4-5,8-10,13,18-19,23H,2-3,6-7,11-12H2,1H3,(H,33,38)(H,34,39)(H,35,36). The Morgan fingerprint density at radius 3 is 2.55 bits per heavy atom. The molecule has 2 saturated carbocycles. The van der Waals surface area contributed by atoms with Crippen LogP contribution < -0.4 is 16.0 Å². The van der Waals surface area contributed by atoms with Crippen LogP contribution in [0.2, 0.25) is 5.02 Å². The molecule has 1 aromatic carbocycles. The van der Waals surface area contributed by atoms with Crippen molar-refractivity contribution in [3.05, 3.63) is 52.3 Å². The fraction of sp³-hybridized carbons (Fsp3) is 0.500. The van der Waals surface area contributed by atoms with Crippen molar-refractivity contribution < 1.29 is 36.3 Å². The molecule has 2 fully saturated rings. The zero-order chi connectivity index (χ0) is 28.8. The Hall–Kier alpha value is -3.35. The van der Waals surface area contributed by atoms with E-state index in [1.165, 1.54) is 18.2 Å². The van der Waals surface area contributed by atoms with Crippen LogP contribution in [-0.2, 0) is 20.9 Å². The average molecular weight is 588 g/mol. The minimum absolute atomic E-state index is 0.0244. The van der Waals surface area contributed by atoms with Crippen LogP contribution in [-0.4, -0.2) is 61.1 Å². The van der Waals surface area contributed by atoms with Gasteiger partial charge in [-0.1, -0.05) is 17.7 Å². The molecule has 5 rings (SSSR count). The van der Waals surface area contributed by atoms with E-state index in [1.54, 1.807) is 24.1 Å². The van der Waals surface area contributed by atoms with E-state index in [4.69, 9.17) is 11.6 Å². The van der Waals surface area contributed by atoms with Gasteiger partial charge in [0.1, 0.15) is 11.2 Å². The molecule has 1 aliphatic heterocycles. The van der Waals surface area contributed by atoms with Crippen LogP contribution >= 0.6 is 11.6 Å². The maximum absolute atomic E-state index is 13.2. The highest BCUT2D eigenvalue weighted by Gasteiger charge is 2.68. The molecule has 8 nitrogen and oxygen atoms in total. The molecule has 0 radical (unpaired) electrons. The summed E-state index contributed by atoms with van der Waals surface area (Å²) >= 11 is 6.34. The monoisotopic (exact) mass is 587 g/mol. The van der Waals surface area contributed by atoms with E-state index in [0.29, 0.717) is 29.7 Å². The number of nitrogens with one attached hydrogen (secondary N) is 3. The van der Waals surface area contributed by atoms with Crippen molar-refractivity contribution in [1.82, 2.24) is 15.5 Å². The van der Waals surface area contributed by atoms with Crippen LogP contribution in [0.25, 0.3) is 0 Å². The zero-order valence-corrected chi connectivity index (χ0v) is 22.1. The van der Waals surface area contributed by atoms with E-state index in [9.17, 15) is 31.5 Å². The van der Waals surface area contributed by atoms with Crippen LogP contribution in [0.1, 0.15) is 31.2 Å². The van der Waals surface area contributed by atoms with E-state index in [0.717, 1.165) is 12.8 Å². The zero-order valence-electron chi connectivity index (χ0n) is 21.3. The molecule has 2 unspecified atom stereocenters. The number of likely N-dealkylation sites (N-methyl/N-ethyl adjacent to an activating group) is 1. The van der Waals surface area contributed by atoms with Crippen molar-refractivity contribution in [2.45, 2.75) is 57.1 Å². The fourth-order valence-electron chi connectivity index (χ4n) is 4.70. The lowest BCUT2D eigenvalue weighted by molar-refractivity contribution is -0.192. The van der Waals surface area contributed by atoms with Gasteiger partial charge in [-0.15, -0.1) is 0 Å². The maximum Gasteiger partial charge on any atom is 0.403 e. The first kappa shape index (κ1) is 28.2. The predicted molar refractivity (Wildman–Crippen MR) is 136 cm³/mol. The summed E-state index contributed by atoms with van der Waals surface area (Å²) in [6.07, 6.45) is -0.154. The number of ether oxygens (including phenoxy) is 1. The van der Waals surface area contributed by atoms with Gasteiger partial charge in [0.2, 0.25) is 5.91 Å². The Bertz CT molecular complexity index is 1290. The second kappa shape index (κ2) is 10.6. The molecule has 1 aromatic rings. The summed E-state index contributed by atoms with van der Waals surface area (Å²) in [5, 5.41) is 8.45. The summed E-state index contributed by atoms with van der Waals surface area (Å²) in [5.74, 6) is -1.12. The molecule has 0 aromatic heterocycles. The smallest absolute Gasteiger partial charge is 0.403 e. The molecule has 4 aliphatic rings. The third-order valence-electron chi connectivity index (χ3n) is 7.49. The first-order valence-electron chi connectivity index (χ1n) is 12.8. The SMILES string of the molecule is CN1C(Nc2cc(CNC(=O)C3(C(F)(F)F)CC3)ccc2Cl)=NC2C=C(C(=O)NCC3CC3)C(OC(F)F)=CC21. The Morgan fingerprint density at radius 2 is 1.93 bits per heavy atom. The second-order valence-electron chi connectivity index (χ2n) is 10.4. The molecule has 3 aliphatic carbocycles. The van der Waals surface area contributed by atoms with Crippen LogP contribution in [0.4, 0.5) is 27.6 Å². The van der Waals surface area contributed by atoms with Crippen LogP contribution in [0, 0.1) is 11.3 Å². The van der Waals surface area contributed by atoms with Crippen molar-refractivity contribution in [1.29, 1.82) is 0 Å². The lowest BCUT2D eigenvalue weighted by atomic mass is 9.96. The summed E-state index contributed by atoms with van der Waals surface area (Å²) in [7, 11) is 1.67. The van der Waals surface area contributed by atoms with Crippen LogP contribution in [0.3, 0.4) is 0 Å². The molecule has 1 heterocycles. The van der Waals surface area contributed by atoms with Crippen LogP contribution in [0.15, 0.2) is 46.7 Å². The van der Waals surface area contributed by atoms with E-state index in [-0.39, 0.29) is 35.7 Å². The van der Waals surface area contributed by atoms with Gasteiger partial charge in [-0.25, -0.2) is 4.99 Å². The highest BCUT2D eigenvalue weighted by Crippen LogP contribution is 2.57. The van der Waals surface area contributed by atoms with Gasteiger partial charge < -0.3 is 25.6 Å². The number of amides is 2. The van der Waals surface area contributed by atoms with Gasteiger partial charge in [-0.05, 0) is 61.4 Å². The molecule has 0 saturated heterocycles. The maximum atomic E-state index is 13.2. The average Bonchev–Trinajstić information content (AvgIpc) is 3.81.